The van der Waals surface area contributed by atoms with Crippen LogP contribution in [0.2, 0.25) is 0 Å². The predicted octanol–water partition coefficient (Wildman–Crippen LogP) is 15.2. The van der Waals surface area contributed by atoms with Gasteiger partial charge in [-0.3, -0.25) is 0 Å². The lowest BCUT2D eigenvalue weighted by atomic mass is 9.99. The normalized spacial score (nSPS) is 11.9. The molecular formula is C54H34N2S. The van der Waals surface area contributed by atoms with Crippen LogP contribution in [0, 0.1) is 0 Å². The first-order chi connectivity index (χ1) is 28.2. The summed E-state index contributed by atoms with van der Waals surface area (Å²) >= 11 is 1.87. The second kappa shape index (κ2) is 12.7. The van der Waals surface area contributed by atoms with Crippen LogP contribution in [0.25, 0.3) is 109 Å². The summed E-state index contributed by atoms with van der Waals surface area (Å²) in [6, 6.07) is 75.7. The van der Waals surface area contributed by atoms with Crippen molar-refractivity contribution < 1.29 is 0 Å². The fourth-order valence-corrected chi connectivity index (χ4v) is 10.2. The average molecular weight is 743 g/mol. The van der Waals surface area contributed by atoms with Gasteiger partial charge in [-0.15, -0.1) is 11.3 Å². The van der Waals surface area contributed by atoms with E-state index in [1.807, 2.05) is 11.3 Å². The third kappa shape index (κ3) is 5.10. The van der Waals surface area contributed by atoms with E-state index in [-0.39, 0.29) is 0 Å². The fourth-order valence-electron chi connectivity index (χ4n) is 9.03. The van der Waals surface area contributed by atoms with E-state index in [9.17, 15) is 0 Å². The molecule has 0 bridgehead atoms. The standard InChI is InChI=1S/C54H34N2S/c1-3-12-35(13-4-1)36-14-11-17-42(30-36)56-49-20-9-7-18-43(49)46-31-37(23-27-50(46)56)38-24-28-51-47(32-38)48-33-39(25-29-52(48)55(51)41-15-5-2-6-16-41)40-22-26-45-44-19-8-10-21-53(44)57-54(45)34-40/h1-34H. The Balaban J connectivity index is 1.03. The maximum absolute atomic E-state index is 2.41. The topological polar surface area (TPSA) is 9.86 Å². The van der Waals surface area contributed by atoms with Crippen molar-refractivity contribution in [3.05, 3.63) is 206 Å². The van der Waals surface area contributed by atoms with Crippen molar-refractivity contribution in [1.82, 2.24) is 9.13 Å². The minimum Gasteiger partial charge on any atom is -0.309 e. The monoisotopic (exact) mass is 742 g/mol. The first-order valence-corrected chi connectivity index (χ1v) is 20.3. The molecule has 2 nitrogen and oxygen atoms in total. The lowest BCUT2D eigenvalue weighted by Crippen LogP contribution is -1.94. The van der Waals surface area contributed by atoms with Crippen LogP contribution in [-0.4, -0.2) is 9.13 Å². The van der Waals surface area contributed by atoms with Gasteiger partial charge in [0.15, 0.2) is 0 Å². The summed E-state index contributed by atoms with van der Waals surface area (Å²) in [7, 11) is 0. The summed E-state index contributed by atoms with van der Waals surface area (Å²) in [6.45, 7) is 0. The van der Waals surface area contributed by atoms with Crippen LogP contribution in [-0.2, 0) is 0 Å². The molecule has 57 heavy (non-hydrogen) atoms. The number of benzene rings is 9. The third-order valence-electron chi connectivity index (χ3n) is 11.7. The molecule has 3 heteroatoms. The summed E-state index contributed by atoms with van der Waals surface area (Å²) in [6.07, 6.45) is 0. The fraction of sp³-hybridized carbons (Fsp3) is 0. The molecule has 0 unspecified atom stereocenters. The number of rotatable bonds is 5. The maximum Gasteiger partial charge on any atom is 0.0541 e. The van der Waals surface area contributed by atoms with Gasteiger partial charge in [0.25, 0.3) is 0 Å². The first kappa shape index (κ1) is 32.1. The molecule has 0 aliphatic heterocycles. The Bertz CT molecular complexity index is 3510. The Kier molecular flexibility index (Phi) is 7.13. The van der Waals surface area contributed by atoms with Crippen molar-refractivity contribution in [3.8, 4) is 44.8 Å². The van der Waals surface area contributed by atoms with Crippen molar-refractivity contribution in [2.24, 2.45) is 0 Å². The van der Waals surface area contributed by atoms with Gasteiger partial charge in [-0.2, -0.15) is 0 Å². The van der Waals surface area contributed by atoms with E-state index in [0.717, 1.165) is 11.4 Å². The highest BCUT2D eigenvalue weighted by atomic mass is 32.1. The number of hydrogen-bond donors (Lipinski definition) is 0. The number of fused-ring (bicyclic) bond motifs is 9. The number of aromatic nitrogens is 2. The molecule has 0 saturated carbocycles. The maximum atomic E-state index is 2.41. The van der Waals surface area contributed by atoms with Crippen LogP contribution in [0.4, 0.5) is 0 Å². The Morgan fingerprint density at radius 2 is 0.702 bits per heavy atom. The Hall–Kier alpha value is -7.20. The second-order valence-corrected chi connectivity index (χ2v) is 16.0. The summed E-state index contributed by atoms with van der Waals surface area (Å²) in [4.78, 5) is 0. The van der Waals surface area contributed by atoms with Crippen molar-refractivity contribution in [1.29, 1.82) is 0 Å². The van der Waals surface area contributed by atoms with E-state index < -0.39 is 0 Å². The summed E-state index contributed by atoms with van der Waals surface area (Å²) in [5.41, 5.74) is 14.4. The molecule has 9 aromatic carbocycles. The van der Waals surface area contributed by atoms with Crippen molar-refractivity contribution in [3.63, 3.8) is 0 Å². The third-order valence-corrected chi connectivity index (χ3v) is 12.8. The van der Waals surface area contributed by atoms with Gasteiger partial charge >= 0.3 is 0 Å². The molecule has 3 aromatic heterocycles. The predicted molar refractivity (Wildman–Crippen MR) is 244 cm³/mol. The van der Waals surface area contributed by atoms with E-state index in [1.54, 1.807) is 0 Å². The van der Waals surface area contributed by atoms with Gasteiger partial charge in [0.2, 0.25) is 0 Å². The first-order valence-electron chi connectivity index (χ1n) is 19.5. The van der Waals surface area contributed by atoms with Gasteiger partial charge in [-0.05, 0) is 112 Å². The average Bonchev–Trinajstić information content (AvgIpc) is 3.93. The lowest BCUT2D eigenvalue weighted by molar-refractivity contribution is 1.18. The second-order valence-electron chi connectivity index (χ2n) is 14.9. The van der Waals surface area contributed by atoms with Crippen LogP contribution in [0.15, 0.2) is 206 Å². The van der Waals surface area contributed by atoms with Gasteiger partial charge in [0.05, 0.1) is 22.1 Å². The SMILES string of the molecule is c1ccc(-c2cccc(-n3c4ccccc4c4cc(-c5ccc6c(c5)c5cc(-c7ccc8c(c7)sc7ccccc78)ccc5n6-c5ccccc5)ccc43)c2)cc1. The van der Waals surface area contributed by atoms with Crippen molar-refractivity contribution in [2.45, 2.75) is 0 Å². The molecule has 0 aliphatic carbocycles. The van der Waals surface area contributed by atoms with Crippen LogP contribution in [0.1, 0.15) is 0 Å². The molecule has 0 saturated heterocycles. The van der Waals surface area contributed by atoms with Crippen LogP contribution < -0.4 is 0 Å². The highest BCUT2D eigenvalue weighted by molar-refractivity contribution is 7.25. The quantitative estimate of drug-likeness (QED) is 0.166. The molecule has 266 valence electrons. The van der Waals surface area contributed by atoms with E-state index >= 15 is 0 Å². The summed E-state index contributed by atoms with van der Waals surface area (Å²) in [5.74, 6) is 0. The zero-order valence-electron chi connectivity index (χ0n) is 30.9. The minimum atomic E-state index is 1.16. The molecule has 0 aliphatic rings. The number of hydrogen-bond acceptors (Lipinski definition) is 1. The van der Waals surface area contributed by atoms with Gasteiger partial charge in [-0.25, -0.2) is 0 Å². The summed E-state index contributed by atoms with van der Waals surface area (Å²) in [5, 5.41) is 7.65. The molecular weight excluding hydrogens is 709 g/mol. The lowest BCUT2D eigenvalue weighted by Gasteiger charge is -2.11. The minimum absolute atomic E-state index is 1.16. The van der Waals surface area contributed by atoms with Crippen LogP contribution in [0.5, 0.6) is 0 Å². The highest BCUT2D eigenvalue weighted by Crippen LogP contribution is 2.41. The number of thiophene rings is 1. The Morgan fingerprint density at radius 3 is 1.40 bits per heavy atom. The molecule has 0 N–H and O–H groups in total. The van der Waals surface area contributed by atoms with Gasteiger partial charge in [0, 0.05) is 53.1 Å². The van der Waals surface area contributed by atoms with Gasteiger partial charge in [-0.1, -0.05) is 127 Å². The van der Waals surface area contributed by atoms with E-state index in [4.69, 9.17) is 0 Å². The molecule has 0 radical (unpaired) electrons. The number of nitrogens with zero attached hydrogens (tertiary/aromatic N) is 2. The molecule has 3 heterocycles. The summed E-state index contributed by atoms with van der Waals surface area (Å²) < 4.78 is 7.48. The zero-order chi connectivity index (χ0) is 37.5. The Morgan fingerprint density at radius 1 is 0.246 bits per heavy atom. The van der Waals surface area contributed by atoms with Gasteiger partial charge in [0.1, 0.15) is 0 Å². The van der Waals surface area contributed by atoms with E-state index in [2.05, 4.69) is 215 Å². The van der Waals surface area contributed by atoms with Crippen molar-refractivity contribution in [2.75, 3.05) is 0 Å². The molecule has 0 atom stereocenters. The molecule has 0 fully saturated rings. The Labute approximate surface area is 333 Å². The molecule has 0 spiro atoms. The van der Waals surface area contributed by atoms with Crippen molar-refractivity contribution >= 4 is 75.1 Å². The molecule has 12 aromatic rings. The number of para-hydroxylation sites is 2. The highest BCUT2D eigenvalue weighted by Gasteiger charge is 2.17. The smallest absolute Gasteiger partial charge is 0.0541 e. The van der Waals surface area contributed by atoms with Crippen LogP contribution >= 0.6 is 11.3 Å². The zero-order valence-corrected chi connectivity index (χ0v) is 31.7. The largest absolute Gasteiger partial charge is 0.309 e. The van der Waals surface area contributed by atoms with Crippen LogP contribution in [0.3, 0.4) is 0 Å². The van der Waals surface area contributed by atoms with E-state index in [0.29, 0.717) is 0 Å². The van der Waals surface area contributed by atoms with Gasteiger partial charge < -0.3 is 9.13 Å². The molecule has 0 amide bonds. The van der Waals surface area contributed by atoms with E-state index in [1.165, 1.54) is 97.2 Å². The molecule has 12 rings (SSSR count).